The topological polar surface area (TPSA) is 25.2 Å². The van der Waals surface area contributed by atoms with Crippen LogP contribution in [0.5, 0.6) is 0 Å². The summed E-state index contributed by atoms with van der Waals surface area (Å²) in [4.78, 5) is 0. The molecule has 0 radical (unpaired) electrons. The van der Waals surface area contributed by atoms with Gasteiger partial charge >= 0.3 is 0 Å². The van der Waals surface area contributed by atoms with Gasteiger partial charge < -0.3 is 9.67 Å². The first-order valence-electron chi connectivity index (χ1n) is 6.95. The summed E-state index contributed by atoms with van der Waals surface area (Å²) in [5.74, 6) is 0. The van der Waals surface area contributed by atoms with E-state index in [1.54, 1.807) is 0 Å². The molecule has 1 unspecified atom stereocenters. The molecule has 0 saturated carbocycles. The molecule has 0 bridgehead atoms. The Balaban J connectivity index is 2.19. The van der Waals surface area contributed by atoms with Crippen LogP contribution in [-0.2, 0) is 6.54 Å². The van der Waals surface area contributed by atoms with E-state index in [2.05, 4.69) is 60.0 Å². The number of hydrogen-bond acceptors (Lipinski definition) is 1. The molecular formula is C17H19NO. The first-order chi connectivity index (χ1) is 9.31. The molecule has 2 aromatic carbocycles. The van der Waals surface area contributed by atoms with E-state index >= 15 is 0 Å². The van der Waals surface area contributed by atoms with Gasteiger partial charge in [0.25, 0.3) is 0 Å². The van der Waals surface area contributed by atoms with Crippen molar-refractivity contribution in [3.05, 3.63) is 48.5 Å². The van der Waals surface area contributed by atoms with E-state index in [0.717, 1.165) is 12.8 Å². The second kappa shape index (κ2) is 5.06. The van der Waals surface area contributed by atoms with Gasteiger partial charge in [0.1, 0.15) is 0 Å². The quantitative estimate of drug-likeness (QED) is 0.748. The second-order valence-electron chi connectivity index (χ2n) is 5.09. The summed E-state index contributed by atoms with van der Waals surface area (Å²) in [7, 11) is 0. The number of rotatable bonds is 4. The van der Waals surface area contributed by atoms with Gasteiger partial charge in [-0.15, -0.1) is 0 Å². The highest BCUT2D eigenvalue weighted by atomic mass is 16.3. The first kappa shape index (κ1) is 12.2. The molecule has 0 spiro atoms. The Bertz CT molecular complexity index is 645. The molecule has 3 rings (SSSR count). The Morgan fingerprint density at radius 3 is 2.00 bits per heavy atom. The predicted molar refractivity (Wildman–Crippen MR) is 80.4 cm³/mol. The number of nitrogens with zero attached hydrogens (tertiary/aromatic N) is 1. The van der Waals surface area contributed by atoms with Crippen molar-refractivity contribution >= 4 is 21.8 Å². The zero-order valence-corrected chi connectivity index (χ0v) is 11.2. The average molecular weight is 253 g/mol. The lowest BCUT2D eigenvalue weighted by Crippen LogP contribution is -2.15. The summed E-state index contributed by atoms with van der Waals surface area (Å²) in [6.45, 7) is 2.77. The van der Waals surface area contributed by atoms with Crippen molar-refractivity contribution in [1.82, 2.24) is 4.57 Å². The zero-order chi connectivity index (χ0) is 13.2. The standard InChI is InChI=1S/C17H19NO/c1-2-7-13(19)12-18-16-10-5-3-8-14(16)15-9-4-6-11-17(15)18/h3-6,8-11,13,19H,2,7,12H2,1H3. The van der Waals surface area contributed by atoms with E-state index in [0.29, 0.717) is 6.54 Å². The van der Waals surface area contributed by atoms with E-state index in [-0.39, 0.29) is 6.10 Å². The van der Waals surface area contributed by atoms with Crippen molar-refractivity contribution in [2.24, 2.45) is 0 Å². The van der Waals surface area contributed by atoms with Crippen molar-refractivity contribution in [2.45, 2.75) is 32.4 Å². The Labute approximate surface area is 113 Å². The van der Waals surface area contributed by atoms with Gasteiger partial charge in [-0.2, -0.15) is 0 Å². The molecule has 0 aliphatic heterocycles. The molecule has 1 N–H and O–H groups in total. The van der Waals surface area contributed by atoms with Crippen LogP contribution in [0, 0.1) is 0 Å². The van der Waals surface area contributed by atoms with Gasteiger partial charge in [-0.1, -0.05) is 49.7 Å². The Hall–Kier alpha value is -1.80. The Kier molecular flexibility index (Phi) is 3.26. The summed E-state index contributed by atoms with van der Waals surface area (Å²) in [5, 5.41) is 12.7. The third-order valence-electron chi connectivity index (χ3n) is 3.70. The molecule has 2 heteroatoms. The van der Waals surface area contributed by atoms with Gasteiger partial charge in [-0.05, 0) is 18.6 Å². The van der Waals surface area contributed by atoms with Gasteiger partial charge in [0.05, 0.1) is 6.10 Å². The summed E-state index contributed by atoms with van der Waals surface area (Å²) in [6.07, 6.45) is 1.59. The summed E-state index contributed by atoms with van der Waals surface area (Å²) in [5.41, 5.74) is 2.41. The van der Waals surface area contributed by atoms with E-state index in [4.69, 9.17) is 0 Å². The molecule has 19 heavy (non-hydrogen) atoms. The van der Waals surface area contributed by atoms with Crippen LogP contribution in [0.1, 0.15) is 19.8 Å². The Morgan fingerprint density at radius 1 is 0.947 bits per heavy atom. The molecule has 2 nitrogen and oxygen atoms in total. The minimum Gasteiger partial charge on any atom is -0.391 e. The normalized spacial score (nSPS) is 13.2. The van der Waals surface area contributed by atoms with Gasteiger partial charge in [-0.3, -0.25) is 0 Å². The summed E-state index contributed by atoms with van der Waals surface area (Å²) >= 11 is 0. The number of benzene rings is 2. The zero-order valence-electron chi connectivity index (χ0n) is 11.2. The van der Waals surface area contributed by atoms with Crippen molar-refractivity contribution in [1.29, 1.82) is 0 Å². The number of aromatic nitrogens is 1. The van der Waals surface area contributed by atoms with Gasteiger partial charge in [0.15, 0.2) is 0 Å². The number of aliphatic hydroxyl groups is 1. The number of fused-ring (bicyclic) bond motifs is 3. The van der Waals surface area contributed by atoms with Crippen LogP contribution in [0.25, 0.3) is 21.8 Å². The second-order valence-corrected chi connectivity index (χ2v) is 5.09. The van der Waals surface area contributed by atoms with E-state index in [9.17, 15) is 5.11 Å². The lowest BCUT2D eigenvalue weighted by atomic mass is 10.2. The van der Waals surface area contributed by atoms with E-state index in [1.807, 2.05) is 0 Å². The molecule has 1 aromatic heterocycles. The van der Waals surface area contributed by atoms with Crippen molar-refractivity contribution < 1.29 is 5.11 Å². The van der Waals surface area contributed by atoms with Crippen LogP contribution in [0.15, 0.2) is 48.5 Å². The maximum atomic E-state index is 10.1. The minimum atomic E-state index is -0.274. The van der Waals surface area contributed by atoms with Crippen LogP contribution in [0.2, 0.25) is 0 Å². The summed E-state index contributed by atoms with van der Waals surface area (Å²) < 4.78 is 2.24. The lowest BCUT2D eigenvalue weighted by Gasteiger charge is -2.13. The largest absolute Gasteiger partial charge is 0.391 e. The summed E-state index contributed by atoms with van der Waals surface area (Å²) in [6, 6.07) is 16.8. The fourth-order valence-corrected chi connectivity index (χ4v) is 2.84. The highest BCUT2D eigenvalue weighted by molar-refractivity contribution is 6.07. The third kappa shape index (κ3) is 2.13. The molecule has 98 valence electrons. The maximum absolute atomic E-state index is 10.1. The van der Waals surface area contributed by atoms with Crippen LogP contribution in [0.3, 0.4) is 0 Å². The van der Waals surface area contributed by atoms with Crippen molar-refractivity contribution in [3.63, 3.8) is 0 Å². The van der Waals surface area contributed by atoms with Crippen molar-refractivity contribution in [2.75, 3.05) is 0 Å². The van der Waals surface area contributed by atoms with Crippen molar-refractivity contribution in [3.8, 4) is 0 Å². The molecule has 0 aliphatic rings. The molecule has 1 atom stereocenters. The molecule has 1 heterocycles. The maximum Gasteiger partial charge on any atom is 0.0719 e. The predicted octanol–water partition coefficient (Wildman–Crippen LogP) is 3.96. The van der Waals surface area contributed by atoms with Gasteiger partial charge in [0.2, 0.25) is 0 Å². The first-order valence-corrected chi connectivity index (χ1v) is 6.95. The average Bonchev–Trinajstić information content (AvgIpc) is 2.75. The van der Waals surface area contributed by atoms with E-state index in [1.165, 1.54) is 21.8 Å². The van der Waals surface area contributed by atoms with Gasteiger partial charge in [-0.25, -0.2) is 0 Å². The Morgan fingerprint density at radius 2 is 1.47 bits per heavy atom. The SMILES string of the molecule is CCCC(O)Cn1c2ccccc2c2ccccc21. The molecule has 0 amide bonds. The fraction of sp³-hybridized carbons (Fsp3) is 0.294. The molecular weight excluding hydrogens is 234 g/mol. The van der Waals surface area contributed by atoms with Gasteiger partial charge in [0, 0.05) is 28.4 Å². The monoisotopic (exact) mass is 253 g/mol. The van der Waals surface area contributed by atoms with Crippen LogP contribution >= 0.6 is 0 Å². The highest BCUT2D eigenvalue weighted by Crippen LogP contribution is 2.29. The minimum absolute atomic E-state index is 0.274. The molecule has 0 aliphatic carbocycles. The number of aliphatic hydroxyl groups excluding tert-OH is 1. The number of para-hydroxylation sites is 2. The molecule has 0 saturated heterocycles. The third-order valence-corrected chi connectivity index (χ3v) is 3.70. The van der Waals surface area contributed by atoms with Crippen LogP contribution in [-0.4, -0.2) is 15.8 Å². The number of hydrogen-bond donors (Lipinski definition) is 1. The molecule has 3 aromatic rings. The van der Waals surface area contributed by atoms with Crippen LogP contribution in [0.4, 0.5) is 0 Å². The fourth-order valence-electron chi connectivity index (χ4n) is 2.84. The highest BCUT2D eigenvalue weighted by Gasteiger charge is 2.12. The molecule has 0 fully saturated rings. The lowest BCUT2D eigenvalue weighted by molar-refractivity contribution is 0.146. The van der Waals surface area contributed by atoms with Crippen LogP contribution < -0.4 is 0 Å². The smallest absolute Gasteiger partial charge is 0.0719 e. The van der Waals surface area contributed by atoms with E-state index < -0.39 is 0 Å².